The molecule has 2 aromatic carbocycles. The molecule has 37 heavy (non-hydrogen) atoms. The van der Waals surface area contributed by atoms with Crippen LogP contribution in [0.5, 0.6) is 0 Å². The van der Waals surface area contributed by atoms with Crippen LogP contribution in [0.4, 0.5) is 0 Å². The molecule has 2 aliphatic heterocycles. The largest absolute Gasteiger partial charge is 0.480 e. The summed E-state index contributed by atoms with van der Waals surface area (Å²) in [5.41, 5.74) is 3.34. The van der Waals surface area contributed by atoms with Crippen LogP contribution < -0.4 is 4.87 Å². The van der Waals surface area contributed by atoms with E-state index in [1.165, 1.54) is 18.3 Å². The number of likely N-dealkylation sites (tertiary alicyclic amines) is 1. The van der Waals surface area contributed by atoms with Gasteiger partial charge in [0.2, 0.25) is 11.8 Å². The molecule has 0 radical (unpaired) electrons. The van der Waals surface area contributed by atoms with E-state index < -0.39 is 23.8 Å². The quantitative estimate of drug-likeness (QED) is 0.491. The minimum Gasteiger partial charge on any atom is -0.480 e. The highest BCUT2D eigenvalue weighted by Gasteiger charge is 2.70. The van der Waals surface area contributed by atoms with Gasteiger partial charge in [0.15, 0.2) is 0 Å². The van der Waals surface area contributed by atoms with Crippen molar-refractivity contribution in [3.8, 4) is 11.1 Å². The number of rotatable bonds is 4. The van der Waals surface area contributed by atoms with Crippen LogP contribution in [0.3, 0.4) is 0 Å². The summed E-state index contributed by atoms with van der Waals surface area (Å²) in [6.45, 7) is 1.41. The number of carboxylic acid groups (broad SMARTS) is 1. The standard InChI is InChI=1S/C28H24N2O5S2/c1-12(27(33)34)30-25(31)20-16-11-17(21(20)26(30)32)22-19(16)18(23-24(36-22)29-28(35)37-23)15-9-7-14(8-10-15)13-5-3-2-4-6-13/h2-10,12,16-22H,11H2,1H3,(H,29,35)(H,33,34). The van der Waals surface area contributed by atoms with Crippen molar-refractivity contribution in [2.45, 2.75) is 35.6 Å². The van der Waals surface area contributed by atoms with Crippen LogP contribution in [-0.4, -0.2) is 44.1 Å². The number of benzene rings is 2. The molecule has 4 aliphatic rings. The molecule has 2 amide bonds. The van der Waals surface area contributed by atoms with E-state index in [0.717, 1.165) is 37.9 Å². The molecule has 2 bridgehead atoms. The van der Waals surface area contributed by atoms with Gasteiger partial charge in [-0.15, -0.1) is 11.8 Å². The molecular weight excluding hydrogens is 508 g/mol. The van der Waals surface area contributed by atoms with Gasteiger partial charge in [-0.1, -0.05) is 65.9 Å². The second-order valence-electron chi connectivity index (χ2n) is 10.5. The van der Waals surface area contributed by atoms with Crippen molar-refractivity contribution in [3.05, 3.63) is 74.7 Å². The van der Waals surface area contributed by atoms with Crippen molar-refractivity contribution in [2.75, 3.05) is 0 Å². The van der Waals surface area contributed by atoms with Crippen molar-refractivity contribution in [2.24, 2.45) is 29.6 Å². The average Bonchev–Trinajstić information content (AvgIpc) is 3.63. The maximum atomic E-state index is 13.5. The van der Waals surface area contributed by atoms with Crippen molar-refractivity contribution in [1.82, 2.24) is 9.88 Å². The van der Waals surface area contributed by atoms with Crippen molar-refractivity contribution in [1.29, 1.82) is 0 Å². The summed E-state index contributed by atoms with van der Waals surface area (Å²) in [7, 11) is 0. The number of amides is 2. The Hall–Kier alpha value is -3.17. The number of carboxylic acids is 1. The van der Waals surface area contributed by atoms with E-state index in [9.17, 15) is 24.3 Å². The van der Waals surface area contributed by atoms with Crippen LogP contribution >= 0.6 is 23.1 Å². The number of thioether (sulfide) groups is 1. The molecule has 0 spiro atoms. The van der Waals surface area contributed by atoms with E-state index in [1.807, 2.05) is 18.2 Å². The van der Waals surface area contributed by atoms with Gasteiger partial charge < -0.3 is 10.1 Å². The molecule has 7 rings (SSSR count). The molecule has 8 unspecified atom stereocenters. The molecule has 7 nitrogen and oxygen atoms in total. The van der Waals surface area contributed by atoms with E-state index >= 15 is 0 Å². The number of fused-ring (bicyclic) bond motifs is 9. The molecule has 8 atom stereocenters. The van der Waals surface area contributed by atoms with E-state index in [-0.39, 0.29) is 45.6 Å². The molecule has 1 saturated heterocycles. The summed E-state index contributed by atoms with van der Waals surface area (Å²) in [5.74, 6) is -2.82. The first kappa shape index (κ1) is 23.0. The summed E-state index contributed by atoms with van der Waals surface area (Å²) in [4.78, 5) is 55.9. The van der Waals surface area contributed by atoms with E-state index in [1.54, 1.807) is 11.8 Å². The van der Waals surface area contributed by atoms with Gasteiger partial charge >= 0.3 is 10.8 Å². The zero-order valence-corrected chi connectivity index (χ0v) is 21.5. The van der Waals surface area contributed by atoms with Crippen LogP contribution in [0, 0.1) is 29.6 Å². The Labute approximate surface area is 220 Å². The summed E-state index contributed by atoms with van der Waals surface area (Å²) in [6.07, 6.45) is 0.780. The van der Waals surface area contributed by atoms with Gasteiger partial charge in [0.1, 0.15) is 6.04 Å². The topological polar surface area (TPSA) is 108 Å². The highest BCUT2D eigenvalue weighted by atomic mass is 32.2. The maximum absolute atomic E-state index is 13.5. The smallest absolute Gasteiger partial charge is 0.326 e. The second-order valence-corrected chi connectivity index (χ2v) is 12.7. The molecule has 2 aliphatic carbocycles. The predicted molar refractivity (Wildman–Crippen MR) is 139 cm³/mol. The van der Waals surface area contributed by atoms with Gasteiger partial charge in [0, 0.05) is 16.0 Å². The lowest BCUT2D eigenvalue weighted by Gasteiger charge is -2.43. The third-order valence-corrected chi connectivity index (χ3v) is 11.5. The SMILES string of the molecule is CC(C(=O)O)N1C(=O)C2C3CC(C2C1=O)C1C(c2ccc(-c4ccccc4)cc2)c2sc(=O)[nH]c2SC31. The number of thiazole rings is 1. The van der Waals surface area contributed by atoms with Crippen molar-refractivity contribution < 1.29 is 19.5 Å². The summed E-state index contributed by atoms with van der Waals surface area (Å²) in [6, 6.07) is 17.4. The number of aromatic amines is 1. The molecule has 3 aromatic rings. The highest BCUT2D eigenvalue weighted by Crippen LogP contribution is 2.68. The number of carbonyl (C=O) groups excluding carboxylic acids is 2. The fourth-order valence-corrected chi connectivity index (χ4v) is 10.3. The molecule has 1 aromatic heterocycles. The highest BCUT2D eigenvalue weighted by molar-refractivity contribution is 8.00. The van der Waals surface area contributed by atoms with E-state index in [4.69, 9.17) is 0 Å². The summed E-state index contributed by atoms with van der Waals surface area (Å²) in [5, 5.41) is 10.5. The molecule has 2 saturated carbocycles. The number of nitrogens with one attached hydrogen (secondary N) is 1. The van der Waals surface area contributed by atoms with Crippen molar-refractivity contribution in [3.63, 3.8) is 0 Å². The fourth-order valence-electron chi connectivity index (χ4n) is 7.42. The third kappa shape index (κ3) is 3.19. The van der Waals surface area contributed by atoms with Gasteiger partial charge in [-0.05, 0) is 47.8 Å². The first-order chi connectivity index (χ1) is 17.8. The lowest BCUT2D eigenvalue weighted by molar-refractivity contribution is -0.154. The van der Waals surface area contributed by atoms with Crippen molar-refractivity contribution >= 4 is 40.9 Å². The molecule has 2 N–H and O–H groups in total. The van der Waals surface area contributed by atoms with E-state index in [0.29, 0.717) is 0 Å². The number of nitrogens with zero attached hydrogens (tertiary/aromatic N) is 1. The number of carbonyl (C=O) groups is 3. The first-order valence-electron chi connectivity index (χ1n) is 12.5. The Bertz CT molecular complexity index is 1500. The van der Waals surface area contributed by atoms with Gasteiger partial charge in [0.25, 0.3) is 0 Å². The van der Waals surface area contributed by atoms with Gasteiger partial charge in [-0.3, -0.25) is 19.3 Å². The van der Waals surface area contributed by atoms with Crippen LogP contribution in [0.25, 0.3) is 11.1 Å². The zero-order valence-electron chi connectivity index (χ0n) is 19.9. The molecule has 188 valence electrons. The number of aromatic nitrogens is 1. The number of imide groups is 1. The second kappa shape index (κ2) is 8.16. The normalized spacial score (nSPS) is 32.2. The maximum Gasteiger partial charge on any atom is 0.326 e. The lowest BCUT2D eigenvalue weighted by Crippen LogP contribution is -2.44. The van der Waals surface area contributed by atoms with E-state index in [2.05, 4.69) is 41.4 Å². The Morgan fingerprint density at radius 3 is 2.30 bits per heavy atom. The average molecular weight is 533 g/mol. The number of hydrogen-bond acceptors (Lipinski definition) is 6. The van der Waals surface area contributed by atoms with Gasteiger partial charge in [0.05, 0.1) is 16.9 Å². The van der Waals surface area contributed by atoms with Crippen LogP contribution in [0.1, 0.15) is 29.7 Å². The van der Waals surface area contributed by atoms with Gasteiger partial charge in [-0.2, -0.15) is 0 Å². The number of hydrogen-bond donors (Lipinski definition) is 2. The molecular formula is C28H24N2O5S2. The lowest BCUT2D eigenvalue weighted by atomic mass is 9.68. The van der Waals surface area contributed by atoms with Crippen LogP contribution in [0.15, 0.2) is 64.4 Å². The first-order valence-corrected chi connectivity index (χ1v) is 14.2. The third-order valence-electron chi connectivity index (χ3n) is 8.88. The molecule has 3 fully saturated rings. The Morgan fingerprint density at radius 2 is 1.62 bits per heavy atom. The monoisotopic (exact) mass is 532 g/mol. The summed E-state index contributed by atoms with van der Waals surface area (Å²) >= 11 is 2.87. The molecule has 3 heterocycles. The number of aliphatic carboxylic acids is 1. The Balaban J connectivity index is 1.30. The van der Waals surface area contributed by atoms with Crippen LogP contribution in [-0.2, 0) is 14.4 Å². The zero-order chi connectivity index (χ0) is 25.6. The summed E-state index contributed by atoms with van der Waals surface area (Å²) < 4.78 is 0. The van der Waals surface area contributed by atoms with Crippen LogP contribution in [0.2, 0.25) is 0 Å². The minimum atomic E-state index is -1.17. The van der Waals surface area contributed by atoms with Gasteiger partial charge in [-0.25, -0.2) is 4.79 Å². The number of H-pyrrole nitrogens is 1. The Kier molecular flexibility index (Phi) is 5.07. The Morgan fingerprint density at radius 1 is 0.973 bits per heavy atom. The minimum absolute atomic E-state index is 0.0184. The fraction of sp³-hybridized carbons (Fsp3) is 0.357. The molecule has 9 heteroatoms. The predicted octanol–water partition coefficient (Wildman–Crippen LogP) is 4.05.